The molecular formula is C27H29N9O. The van der Waals surface area contributed by atoms with Crippen molar-refractivity contribution in [3.8, 4) is 22.6 Å². The van der Waals surface area contributed by atoms with E-state index in [2.05, 4.69) is 47.3 Å². The predicted molar refractivity (Wildman–Crippen MR) is 144 cm³/mol. The average molecular weight is 496 g/mol. The van der Waals surface area contributed by atoms with Gasteiger partial charge in [0.15, 0.2) is 17.1 Å². The summed E-state index contributed by atoms with van der Waals surface area (Å²) >= 11 is 0. The third-order valence-electron chi connectivity index (χ3n) is 6.81. The number of fused-ring (bicyclic) bond motifs is 2. The molecule has 10 nitrogen and oxygen atoms in total. The number of nitrogens with one attached hydrogen (secondary N) is 3. The van der Waals surface area contributed by atoms with Crippen LogP contribution in [0.2, 0.25) is 0 Å². The Hall–Kier alpha value is -4.34. The lowest BCUT2D eigenvalue weighted by atomic mass is 10.1. The van der Waals surface area contributed by atoms with Crippen LogP contribution in [0.5, 0.6) is 0 Å². The molecule has 0 spiro atoms. The molecule has 3 N–H and O–H groups in total. The molecular weight excluding hydrogens is 466 g/mol. The highest BCUT2D eigenvalue weighted by molar-refractivity contribution is 5.95. The van der Waals surface area contributed by atoms with E-state index in [1.165, 1.54) is 19.3 Å². The standard InChI is InChI=1S/C27H29N9O/c1-2-3-7-22(37)31-19-12-17(14-28-16-19)18-13-20-23(34-35-25(20)30-15-18)27-32-24-21(8-9-29-26(24)33-27)36-10-5-4-6-11-36/h8-9,12-16H,2-7,10-11H2,1H3,(H,31,37)(H,29,32,33)(H,30,34,35). The van der Waals surface area contributed by atoms with Crippen LogP contribution < -0.4 is 10.2 Å². The number of anilines is 2. The number of piperidine rings is 1. The van der Waals surface area contributed by atoms with Crippen LogP contribution >= 0.6 is 0 Å². The normalized spacial score (nSPS) is 13.9. The van der Waals surface area contributed by atoms with Crippen molar-refractivity contribution in [3.63, 3.8) is 0 Å². The summed E-state index contributed by atoms with van der Waals surface area (Å²) in [5.74, 6) is 0.640. The number of rotatable bonds is 7. The third-order valence-corrected chi connectivity index (χ3v) is 6.81. The van der Waals surface area contributed by atoms with Crippen LogP contribution in [0, 0.1) is 0 Å². The second kappa shape index (κ2) is 9.96. The molecule has 5 aromatic rings. The number of aromatic nitrogens is 7. The monoisotopic (exact) mass is 495 g/mol. The van der Waals surface area contributed by atoms with Gasteiger partial charge >= 0.3 is 0 Å². The number of amides is 1. The lowest BCUT2D eigenvalue weighted by Crippen LogP contribution is -2.29. The fourth-order valence-corrected chi connectivity index (χ4v) is 4.87. The van der Waals surface area contributed by atoms with Crippen molar-refractivity contribution in [2.75, 3.05) is 23.3 Å². The zero-order valence-electron chi connectivity index (χ0n) is 20.8. The lowest BCUT2D eigenvalue weighted by Gasteiger charge is -2.28. The van der Waals surface area contributed by atoms with Crippen LogP contribution in [0.3, 0.4) is 0 Å². The lowest BCUT2D eigenvalue weighted by molar-refractivity contribution is -0.116. The van der Waals surface area contributed by atoms with Gasteiger partial charge in [-0.2, -0.15) is 5.10 Å². The zero-order valence-corrected chi connectivity index (χ0v) is 20.8. The van der Waals surface area contributed by atoms with Gasteiger partial charge in [0.2, 0.25) is 5.91 Å². The van der Waals surface area contributed by atoms with E-state index in [4.69, 9.17) is 4.98 Å². The summed E-state index contributed by atoms with van der Waals surface area (Å²) in [5, 5.41) is 11.3. The van der Waals surface area contributed by atoms with Crippen LogP contribution in [0.15, 0.2) is 43.0 Å². The number of carbonyl (C=O) groups is 1. The van der Waals surface area contributed by atoms with Crippen molar-refractivity contribution >= 4 is 39.5 Å². The molecule has 0 aliphatic carbocycles. The Morgan fingerprint density at radius 2 is 1.92 bits per heavy atom. The molecule has 0 radical (unpaired) electrons. The number of aromatic amines is 2. The fourth-order valence-electron chi connectivity index (χ4n) is 4.87. The van der Waals surface area contributed by atoms with Crippen LogP contribution in [0.1, 0.15) is 45.4 Å². The van der Waals surface area contributed by atoms with Crippen LogP contribution in [-0.2, 0) is 4.79 Å². The van der Waals surface area contributed by atoms with Crippen molar-refractivity contribution in [1.29, 1.82) is 0 Å². The number of imidazole rings is 1. The molecule has 6 rings (SSSR count). The summed E-state index contributed by atoms with van der Waals surface area (Å²) in [7, 11) is 0. The van der Waals surface area contributed by atoms with E-state index in [-0.39, 0.29) is 5.91 Å². The van der Waals surface area contributed by atoms with Crippen LogP contribution in [0.4, 0.5) is 11.4 Å². The fraction of sp³-hybridized carbons (Fsp3) is 0.333. The summed E-state index contributed by atoms with van der Waals surface area (Å²) in [4.78, 5) is 36.3. The van der Waals surface area contributed by atoms with Gasteiger partial charge in [-0.05, 0) is 43.9 Å². The van der Waals surface area contributed by atoms with E-state index in [1.807, 2.05) is 24.4 Å². The average Bonchev–Trinajstić information content (AvgIpc) is 3.56. The molecule has 1 fully saturated rings. The molecule has 1 aliphatic heterocycles. The molecule has 1 amide bonds. The first-order valence-electron chi connectivity index (χ1n) is 12.9. The highest BCUT2D eigenvalue weighted by Gasteiger charge is 2.20. The first-order chi connectivity index (χ1) is 18.2. The van der Waals surface area contributed by atoms with Crippen molar-refractivity contribution in [1.82, 2.24) is 35.1 Å². The molecule has 0 saturated carbocycles. The smallest absolute Gasteiger partial charge is 0.224 e. The van der Waals surface area contributed by atoms with E-state index in [9.17, 15) is 4.79 Å². The Morgan fingerprint density at radius 3 is 2.78 bits per heavy atom. The van der Waals surface area contributed by atoms with Crippen molar-refractivity contribution in [2.24, 2.45) is 0 Å². The quantitative estimate of drug-likeness (QED) is 0.287. The molecule has 1 saturated heterocycles. The zero-order chi connectivity index (χ0) is 25.2. The summed E-state index contributed by atoms with van der Waals surface area (Å²) in [6.07, 6.45) is 13.0. The van der Waals surface area contributed by atoms with E-state index in [0.29, 0.717) is 29.3 Å². The van der Waals surface area contributed by atoms with Gasteiger partial charge in [-0.15, -0.1) is 0 Å². The summed E-state index contributed by atoms with van der Waals surface area (Å²) in [6.45, 7) is 4.14. The predicted octanol–water partition coefficient (Wildman–Crippen LogP) is 5.08. The molecule has 1 aliphatic rings. The number of H-pyrrole nitrogens is 2. The highest BCUT2D eigenvalue weighted by atomic mass is 16.1. The van der Waals surface area contributed by atoms with Gasteiger partial charge in [-0.25, -0.2) is 15.0 Å². The first-order valence-corrected chi connectivity index (χ1v) is 12.9. The van der Waals surface area contributed by atoms with Gasteiger partial charge in [0.1, 0.15) is 11.2 Å². The number of unbranched alkanes of at least 4 members (excludes halogenated alkanes) is 1. The van der Waals surface area contributed by atoms with E-state index >= 15 is 0 Å². The minimum atomic E-state index is -0.00563. The van der Waals surface area contributed by atoms with Gasteiger partial charge in [-0.3, -0.25) is 14.9 Å². The second-order valence-corrected chi connectivity index (χ2v) is 9.47. The number of nitrogens with zero attached hydrogens (tertiary/aromatic N) is 6. The molecule has 10 heteroatoms. The Bertz CT molecular complexity index is 1570. The third kappa shape index (κ3) is 4.62. The largest absolute Gasteiger partial charge is 0.370 e. The molecule has 37 heavy (non-hydrogen) atoms. The Kier molecular flexibility index (Phi) is 6.21. The van der Waals surface area contributed by atoms with Crippen LogP contribution in [-0.4, -0.2) is 54.1 Å². The van der Waals surface area contributed by atoms with Crippen molar-refractivity contribution < 1.29 is 4.79 Å². The topological polar surface area (TPSA) is 128 Å². The van der Waals surface area contributed by atoms with Gasteiger partial charge in [-0.1, -0.05) is 13.3 Å². The number of carbonyl (C=O) groups excluding carboxylic acids is 1. The SMILES string of the molecule is CCCCC(=O)Nc1cncc(-c2cnc3[nH]nc(-c4nc5c(N6CCCCC6)ccnc5[nH]4)c3c2)c1. The second-order valence-electron chi connectivity index (χ2n) is 9.47. The highest BCUT2D eigenvalue weighted by Crippen LogP contribution is 2.32. The molecule has 0 bridgehead atoms. The Labute approximate surface area is 214 Å². The number of hydrogen-bond acceptors (Lipinski definition) is 7. The van der Waals surface area contributed by atoms with E-state index < -0.39 is 0 Å². The van der Waals surface area contributed by atoms with Gasteiger partial charge in [0.05, 0.1) is 23.0 Å². The summed E-state index contributed by atoms with van der Waals surface area (Å²) < 4.78 is 0. The molecule has 0 aromatic carbocycles. The molecule has 6 heterocycles. The van der Waals surface area contributed by atoms with Gasteiger partial charge in [0, 0.05) is 49.2 Å². The maximum atomic E-state index is 12.2. The molecule has 0 unspecified atom stereocenters. The van der Waals surface area contributed by atoms with E-state index in [1.54, 1.807) is 18.6 Å². The Balaban J connectivity index is 1.34. The maximum absolute atomic E-state index is 12.2. The molecule has 5 aromatic heterocycles. The first kappa shape index (κ1) is 23.1. The number of pyridine rings is 3. The summed E-state index contributed by atoms with van der Waals surface area (Å²) in [6, 6.07) is 5.98. The van der Waals surface area contributed by atoms with Gasteiger partial charge < -0.3 is 15.2 Å². The van der Waals surface area contributed by atoms with Crippen LogP contribution in [0.25, 0.3) is 44.8 Å². The van der Waals surface area contributed by atoms with Crippen molar-refractivity contribution in [3.05, 3.63) is 43.0 Å². The molecule has 0 atom stereocenters. The van der Waals surface area contributed by atoms with Gasteiger partial charge in [0.25, 0.3) is 0 Å². The summed E-state index contributed by atoms with van der Waals surface area (Å²) in [5.41, 5.74) is 6.45. The minimum absolute atomic E-state index is 0.00563. The van der Waals surface area contributed by atoms with E-state index in [0.717, 1.165) is 59.3 Å². The van der Waals surface area contributed by atoms with Crippen molar-refractivity contribution in [2.45, 2.75) is 45.4 Å². The maximum Gasteiger partial charge on any atom is 0.224 e. The Morgan fingerprint density at radius 1 is 1.05 bits per heavy atom. The number of hydrogen-bond donors (Lipinski definition) is 3. The minimum Gasteiger partial charge on any atom is -0.370 e. The molecule has 188 valence electrons.